The second-order valence-corrected chi connectivity index (χ2v) is 4.88. The summed E-state index contributed by atoms with van der Waals surface area (Å²) >= 11 is 1.50. The number of rotatable bonds is 6. The van der Waals surface area contributed by atoms with Crippen molar-refractivity contribution in [3.63, 3.8) is 0 Å². The summed E-state index contributed by atoms with van der Waals surface area (Å²) in [6, 6.07) is 2.73. The molecule has 0 saturated carbocycles. The first kappa shape index (κ1) is 14.2. The maximum atomic E-state index is 11.0. The normalized spacial score (nSPS) is 11.9. The predicted octanol–water partition coefficient (Wildman–Crippen LogP) is 3.02. The van der Waals surface area contributed by atoms with Gasteiger partial charge in [0.05, 0.1) is 18.1 Å². The number of nitrogens with one attached hydrogen (secondary N) is 1. The van der Waals surface area contributed by atoms with Gasteiger partial charge in [0.25, 0.3) is 0 Å². The molecule has 0 bridgehead atoms. The van der Waals surface area contributed by atoms with E-state index in [1.807, 2.05) is 12.3 Å². The van der Waals surface area contributed by atoms with Gasteiger partial charge in [-0.2, -0.15) is 4.98 Å². The van der Waals surface area contributed by atoms with Gasteiger partial charge in [0.15, 0.2) is 0 Å². The highest BCUT2D eigenvalue weighted by molar-refractivity contribution is 7.09. The number of ether oxygens (including phenoxy) is 1. The zero-order valence-electron chi connectivity index (χ0n) is 11.1. The summed E-state index contributed by atoms with van der Waals surface area (Å²) in [6.07, 6.45) is 2.45. The van der Waals surface area contributed by atoms with Gasteiger partial charge in [-0.05, 0) is 6.42 Å². The first-order chi connectivity index (χ1) is 9.65. The van der Waals surface area contributed by atoms with Crippen molar-refractivity contribution in [3.05, 3.63) is 38.8 Å². The Hall–Kier alpha value is -2.22. The Labute approximate surface area is 119 Å². The summed E-state index contributed by atoms with van der Waals surface area (Å²) < 4.78 is 5.01. The molecule has 0 radical (unpaired) electrons. The quantitative estimate of drug-likeness (QED) is 0.650. The minimum absolute atomic E-state index is 0.0826. The molecule has 1 N–H and O–H groups in total. The minimum Gasteiger partial charge on any atom is -0.481 e. The molecule has 106 valence electrons. The molecule has 0 aliphatic carbocycles. The van der Waals surface area contributed by atoms with Gasteiger partial charge in [-0.25, -0.2) is 4.98 Å². The van der Waals surface area contributed by atoms with Crippen LogP contribution in [0.5, 0.6) is 5.88 Å². The van der Waals surface area contributed by atoms with E-state index in [0.717, 1.165) is 11.4 Å². The van der Waals surface area contributed by atoms with Gasteiger partial charge in [0.1, 0.15) is 5.01 Å². The lowest BCUT2D eigenvalue weighted by molar-refractivity contribution is -0.384. The molecule has 0 amide bonds. The van der Waals surface area contributed by atoms with E-state index in [1.54, 1.807) is 6.20 Å². The van der Waals surface area contributed by atoms with Crippen LogP contribution in [0.25, 0.3) is 0 Å². The van der Waals surface area contributed by atoms with Crippen LogP contribution in [-0.2, 0) is 0 Å². The van der Waals surface area contributed by atoms with E-state index in [2.05, 4.69) is 15.3 Å². The van der Waals surface area contributed by atoms with E-state index in [-0.39, 0.29) is 17.5 Å². The van der Waals surface area contributed by atoms with Crippen LogP contribution in [-0.4, -0.2) is 22.0 Å². The number of thiazole rings is 1. The Kier molecular flexibility index (Phi) is 4.46. The van der Waals surface area contributed by atoms with Crippen molar-refractivity contribution in [2.24, 2.45) is 0 Å². The molecule has 0 fully saturated rings. The molecule has 2 aromatic heterocycles. The number of aromatic nitrogens is 2. The smallest absolute Gasteiger partial charge is 0.311 e. The van der Waals surface area contributed by atoms with Crippen molar-refractivity contribution in [2.45, 2.75) is 19.4 Å². The zero-order chi connectivity index (χ0) is 14.5. The third-order valence-electron chi connectivity index (χ3n) is 2.72. The maximum absolute atomic E-state index is 11.0. The van der Waals surface area contributed by atoms with Crippen LogP contribution in [0.3, 0.4) is 0 Å². The van der Waals surface area contributed by atoms with Crippen LogP contribution >= 0.6 is 11.3 Å². The Morgan fingerprint density at radius 2 is 2.35 bits per heavy atom. The number of methoxy groups -OCH3 is 1. The Balaban J connectivity index is 2.33. The first-order valence-electron chi connectivity index (χ1n) is 6.01. The van der Waals surface area contributed by atoms with Crippen molar-refractivity contribution in [1.29, 1.82) is 0 Å². The molecule has 0 aromatic carbocycles. The summed E-state index contributed by atoms with van der Waals surface area (Å²) in [5.41, 5.74) is -0.0826. The van der Waals surface area contributed by atoms with Crippen molar-refractivity contribution in [3.8, 4) is 5.88 Å². The van der Waals surface area contributed by atoms with Gasteiger partial charge >= 0.3 is 5.69 Å². The molecule has 0 saturated heterocycles. The van der Waals surface area contributed by atoms with Crippen LogP contribution < -0.4 is 10.1 Å². The summed E-state index contributed by atoms with van der Waals surface area (Å²) in [4.78, 5) is 18.9. The lowest BCUT2D eigenvalue weighted by Crippen LogP contribution is -2.12. The standard InChI is InChI=1S/C12H14N4O3S/c1-3-8(12-13-6-7-20-12)14-11-9(16(17)18)4-5-10(15-11)19-2/h4-8H,3H2,1-2H3,(H,14,15). The average Bonchev–Trinajstić information content (AvgIpc) is 2.98. The Bertz CT molecular complexity index is 588. The van der Waals surface area contributed by atoms with Gasteiger partial charge in [-0.15, -0.1) is 11.3 Å². The predicted molar refractivity (Wildman–Crippen MR) is 76.2 cm³/mol. The number of pyridine rings is 1. The highest BCUT2D eigenvalue weighted by Gasteiger charge is 2.21. The van der Waals surface area contributed by atoms with Crippen molar-refractivity contribution < 1.29 is 9.66 Å². The second-order valence-electron chi connectivity index (χ2n) is 3.95. The van der Waals surface area contributed by atoms with Gasteiger partial charge in [-0.1, -0.05) is 6.92 Å². The summed E-state index contributed by atoms with van der Waals surface area (Å²) in [6.45, 7) is 1.98. The molecule has 0 aliphatic rings. The zero-order valence-corrected chi connectivity index (χ0v) is 11.9. The van der Waals surface area contributed by atoms with Gasteiger partial charge in [0.2, 0.25) is 11.7 Å². The highest BCUT2D eigenvalue weighted by Crippen LogP contribution is 2.30. The van der Waals surface area contributed by atoms with Crippen molar-refractivity contribution >= 4 is 22.8 Å². The third kappa shape index (κ3) is 3.02. The average molecular weight is 294 g/mol. The largest absolute Gasteiger partial charge is 0.481 e. The van der Waals surface area contributed by atoms with E-state index in [0.29, 0.717) is 5.88 Å². The maximum Gasteiger partial charge on any atom is 0.311 e. The molecule has 2 heterocycles. The number of hydrogen-bond donors (Lipinski definition) is 1. The van der Waals surface area contributed by atoms with Gasteiger partial charge in [-0.3, -0.25) is 10.1 Å². The van der Waals surface area contributed by atoms with Crippen molar-refractivity contribution in [1.82, 2.24) is 9.97 Å². The SMILES string of the molecule is CCC(Nc1nc(OC)ccc1[N+](=O)[O-])c1nccs1. The third-order valence-corrected chi connectivity index (χ3v) is 3.61. The fraction of sp³-hybridized carbons (Fsp3) is 0.333. The molecule has 2 aromatic rings. The topological polar surface area (TPSA) is 90.2 Å². The van der Waals surface area contributed by atoms with Crippen LogP contribution in [0.2, 0.25) is 0 Å². The fourth-order valence-corrected chi connectivity index (χ4v) is 2.48. The Morgan fingerprint density at radius 3 is 2.90 bits per heavy atom. The molecule has 0 spiro atoms. The van der Waals surface area contributed by atoms with Gasteiger partial charge in [0, 0.05) is 23.7 Å². The second kappa shape index (κ2) is 6.29. The number of hydrogen-bond acceptors (Lipinski definition) is 7. The molecular weight excluding hydrogens is 280 g/mol. The molecule has 8 heteroatoms. The van der Waals surface area contributed by atoms with Crippen LogP contribution in [0.4, 0.5) is 11.5 Å². The van der Waals surface area contributed by atoms with E-state index >= 15 is 0 Å². The first-order valence-corrected chi connectivity index (χ1v) is 6.89. The highest BCUT2D eigenvalue weighted by atomic mass is 32.1. The molecule has 20 heavy (non-hydrogen) atoms. The monoisotopic (exact) mass is 294 g/mol. The molecule has 2 rings (SSSR count). The van der Waals surface area contributed by atoms with Gasteiger partial charge < -0.3 is 10.1 Å². The number of nitro groups is 1. The fourth-order valence-electron chi connectivity index (χ4n) is 1.71. The molecular formula is C12H14N4O3S. The van der Waals surface area contributed by atoms with E-state index in [1.165, 1.54) is 30.6 Å². The number of anilines is 1. The van der Waals surface area contributed by atoms with E-state index in [9.17, 15) is 10.1 Å². The lowest BCUT2D eigenvalue weighted by atomic mass is 10.2. The van der Waals surface area contributed by atoms with Crippen LogP contribution in [0.1, 0.15) is 24.4 Å². The lowest BCUT2D eigenvalue weighted by Gasteiger charge is -2.15. The van der Waals surface area contributed by atoms with E-state index in [4.69, 9.17) is 4.74 Å². The van der Waals surface area contributed by atoms with E-state index < -0.39 is 4.92 Å². The Morgan fingerprint density at radius 1 is 1.55 bits per heavy atom. The van der Waals surface area contributed by atoms with Crippen molar-refractivity contribution in [2.75, 3.05) is 12.4 Å². The molecule has 1 atom stereocenters. The van der Waals surface area contributed by atoms with Crippen LogP contribution in [0, 0.1) is 10.1 Å². The van der Waals surface area contributed by atoms with Crippen LogP contribution in [0.15, 0.2) is 23.7 Å². The molecule has 7 nitrogen and oxygen atoms in total. The minimum atomic E-state index is -0.469. The summed E-state index contributed by atoms with van der Waals surface area (Å²) in [5.74, 6) is 0.517. The molecule has 0 aliphatic heterocycles. The summed E-state index contributed by atoms with van der Waals surface area (Å²) in [5, 5.41) is 16.9. The number of nitrogens with zero attached hydrogens (tertiary/aromatic N) is 3. The molecule has 1 unspecified atom stereocenters. The summed E-state index contributed by atoms with van der Waals surface area (Å²) in [7, 11) is 1.47.